The fourth-order valence-corrected chi connectivity index (χ4v) is 0.132. The van der Waals surface area contributed by atoms with Gasteiger partial charge in [0.1, 0.15) is 0 Å². The molecule has 0 saturated carbocycles. The molecule has 0 atom stereocenters. The molecule has 0 aromatic heterocycles. The Kier molecular flexibility index (Phi) is 2.26. The molecular formula is C2H4F3N3O. The van der Waals surface area contributed by atoms with E-state index in [0.717, 1.165) is 5.43 Å². The van der Waals surface area contributed by atoms with E-state index in [0.29, 0.717) is 5.43 Å². The summed E-state index contributed by atoms with van der Waals surface area (Å²) in [4.78, 5) is 9.59. The fourth-order valence-electron chi connectivity index (χ4n) is 0.132. The van der Waals surface area contributed by atoms with Crippen molar-refractivity contribution in [3.8, 4) is 0 Å². The highest BCUT2D eigenvalue weighted by Gasteiger charge is 2.26. The Balaban J connectivity index is 3.39. The molecule has 0 aliphatic rings. The Morgan fingerprint density at radius 1 is 1.44 bits per heavy atom. The number of halogens is 3. The molecule has 0 fully saturated rings. The average molecular weight is 143 g/mol. The number of nitrogens with one attached hydrogen (secondary N) is 2. The predicted molar refractivity (Wildman–Crippen MR) is 21.9 cm³/mol. The lowest BCUT2D eigenvalue weighted by atomic mass is 11.1. The van der Waals surface area contributed by atoms with Gasteiger partial charge in [0.05, 0.1) is 0 Å². The van der Waals surface area contributed by atoms with Crippen LogP contribution in [0.3, 0.4) is 0 Å². The molecule has 4 nitrogen and oxygen atoms in total. The summed E-state index contributed by atoms with van der Waals surface area (Å²) < 4.78 is 33.1. The molecule has 0 radical (unpaired) electrons. The summed E-state index contributed by atoms with van der Waals surface area (Å²) >= 11 is 0. The van der Waals surface area contributed by atoms with Crippen molar-refractivity contribution in [3.05, 3.63) is 0 Å². The summed E-state index contributed by atoms with van der Waals surface area (Å²) in [5.41, 5.74) is 6.13. The van der Waals surface area contributed by atoms with Crippen LogP contribution in [0.4, 0.5) is 18.0 Å². The van der Waals surface area contributed by atoms with Crippen LogP contribution in [-0.4, -0.2) is 12.3 Å². The monoisotopic (exact) mass is 143 g/mol. The van der Waals surface area contributed by atoms with Crippen LogP contribution in [0.1, 0.15) is 0 Å². The summed E-state index contributed by atoms with van der Waals surface area (Å²) in [7, 11) is 0. The number of hydrogen-bond donors (Lipinski definition) is 3. The van der Waals surface area contributed by atoms with Crippen LogP contribution in [0, 0.1) is 0 Å². The zero-order chi connectivity index (χ0) is 7.49. The van der Waals surface area contributed by atoms with E-state index in [9.17, 15) is 18.0 Å². The van der Waals surface area contributed by atoms with E-state index in [2.05, 4.69) is 5.73 Å². The van der Waals surface area contributed by atoms with E-state index >= 15 is 0 Å². The number of carbonyl (C=O) groups excluding carboxylic acids is 1. The molecule has 2 amide bonds. The van der Waals surface area contributed by atoms with Crippen molar-refractivity contribution in [2.45, 2.75) is 6.30 Å². The summed E-state index contributed by atoms with van der Waals surface area (Å²) in [6, 6.07) is -1.28. The van der Waals surface area contributed by atoms with Crippen molar-refractivity contribution >= 4 is 6.03 Å². The van der Waals surface area contributed by atoms with Crippen LogP contribution < -0.4 is 16.6 Å². The molecule has 7 heteroatoms. The van der Waals surface area contributed by atoms with Crippen molar-refractivity contribution in [1.29, 1.82) is 0 Å². The molecular weight excluding hydrogens is 139 g/mol. The third kappa shape index (κ3) is 7.02. The maximum Gasteiger partial charge on any atom is 0.474 e. The Hall–Kier alpha value is -0.980. The Morgan fingerprint density at radius 3 is 2.00 bits per heavy atom. The van der Waals surface area contributed by atoms with Crippen LogP contribution in [-0.2, 0) is 0 Å². The SMILES string of the molecule is NC(=O)NNC(F)(F)F. The number of amides is 2. The van der Waals surface area contributed by atoms with E-state index in [-0.39, 0.29) is 0 Å². The molecule has 0 heterocycles. The van der Waals surface area contributed by atoms with Gasteiger partial charge >= 0.3 is 12.3 Å². The zero-order valence-corrected chi connectivity index (χ0v) is 4.12. The predicted octanol–water partition coefficient (Wildman–Crippen LogP) is -0.321. The van der Waals surface area contributed by atoms with Gasteiger partial charge in [-0.3, -0.25) is 5.43 Å². The lowest BCUT2D eigenvalue weighted by molar-refractivity contribution is -0.163. The van der Waals surface area contributed by atoms with Gasteiger partial charge in [0, 0.05) is 0 Å². The highest BCUT2D eigenvalue weighted by molar-refractivity contribution is 5.70. The van der Waals surface area contributed by atoms with Crippen molar-refractivity contribution in [2.75, 3.05) is 0 Å². The van der Waals surface area contributed by atoms with Gasteiger partial charge in [0.2, 0.25) is 0 Å². The lowest BCUT2D eigenvalue weighted by Gasteiger charge is -2.06. The van der Waals surface area contributed by atoms with Gasteiger partial charge in [-0.15, -0.1) is 5.43 Å². The van der Waals surface area contributed by atoms with Gasteiger partial charge in [0.25, 0.3) is 0 Å². The van der Waals surface area contributed by atoms with Crippen molar-refractivity contribution in [2.24, 2.45) is 5.73 Å². The quantitative estimate of drug-likeness (QED) is 0.348. The average Bonchev–Trinajstić information content (AvgIpc) is 1.59. The molecule has 0 aliphatic heterocycles. The van der Waals surface area contributed by atoms with Crippen LogP contribution >= 0.6 is 0 Å². The van der Waals surface area contributed by atoms with Gasteiger partial charge in [-0.2, -0.15) is 13.2 Å². The Morgan fingerprint density at radius 2 is 1.89 bits per heavy atom. The number of carbonyl (C=O) groups is 1. The molecule has 0 unspecified atom stereocenters. The standard InChI is InChI=1S/C2H4F3N3O/c3-2(4,5)8-7-1(6)9/h8H,(H3,6,7,9). The minimum absolute atomic E-state index is 0.697. The number of alkyl halides is 3. The van der Waals surface area contributed by atoms with Crippen molar-refractivity contribution in [3.63, 3.8) is 0 Å². The first-order valence-corrected chi connectivity index (χ1v) is 1.81. The van der Waals surface area contributed by atoms with Crippen LogP contribution in [0.25, 0.3) is 0 Å². The second-order valence-corrected chi connectivity index (χ2v) is 1.11. The first kappa shape index (κ1) is 8.02. The van der Waals surface area contributed by atoms with Crippen molar-refractivity contribution < 1.29 is 18.0 Å². The van der Waals surface area contributed by atoms with Crippen molar-refractivity contribution in [1.82, 2.24) is 10.9 Å². The molecule has 0 bridgehead atoms. The molecule has 0 saturated heterocycles. The molecule has 54 valence electrons. The first-order chi connectivity index (χ1) is 3.92. The third-order valence-corrected chi connectivity index (χ3v) is 0.327. The van der Waals surface area contributed by atoms with Gasteiger partial charge in [-0.25, -0.2) is 4.79 Å². The van der Waals surface area contributed by atoms with E-state index in [1.54, 1.807) is 0 Å². The van der Waals surface area contributed by atoms with E-state index in [1.807, 2.05) is 0 Å². The summed E-state index contributed by atoms with van der Waals surface area (Å²) in [5.74, 6) is 0. The number of nitrogens with two attached hydrogens (primary N) is 1. The van der Waals surface area contributed by atoms with Crippen LogP contribution in [0.15, 0.2) is 0 Å². The summed E-state index contributed by atoms with van der Waals surface area (Å²) in [6.45, 7) is 0. The second kappa shape index (κ2) is 2.53. The van der Waals surface area contributed by atoms with Gasteiger partial charge in [-0.1, -0.05) is 0 Å². The first-order valence-electron chi connectivity index (χ1n) is 1.81. The highest BCUT2D eigenvalue weighted by Crippen LogP contribution is 2.06. The zero-order valence-electron chi connectivity index (χ0n) is 4.12. The van der Waals surface area contributed by atoms with E-state index in [4.69, 9.17) is 0 Å². The molecule has 4 N–H and O–H groups in total. The van der Waals surface area contributed by atoms with Crippen LogP contribution in [0.2, 0.25) is 0 Å². The molecule has 0 aromatic carbocycles. The number of hydrazine groups is 1. The Labute approximate surface area is 48.2 Å². The number of hydrogen-bond acceptors (Lipinski definition) is 2. The lowest BCUT2D eigenvalue weighted by Crippen LogP contribution is -2.48. The summed E-state index contributed by atoms with van der Waals surface area (Å²) in [5, 5.41) is 0. The summed E-state index contributed by atoms with van der Waals surface area (Å²) in [6.07, 6.45) is -4.63. The normalized spacial score (nSPS) is 11.0. The third-order valence-electron chi connectivity index (χ3n) is 0.327. The van der Waals surface area contributed by atoms with Gasteiger partial charge in [-0.05, 0) is 0 Å². The van der Waals surface area contributed by atoms with E-state index < -0.39 is 12.3 Å². The second-order valence-electron chi connectivity index (χ2n) is 1.11. The molecule has 0 aliphatic carbocycles. The fraction of sp³-hybridized carbons (Fsp3) is 0.500. The highest BCUT2D eigenvalue weighted by atomic mass is 19.4. The minimum atomic E-state index is -4.63. The molecule has 0 rings (SSSR count). The number of primary amides is 1. The maximum atomic E-state index is 11.0. The molecule has 9 heavy (non-hydrogen) atoms. The smallest absolute Gasteiger partial charge is 0.351 e. The maximum absolute atomic E-state index is 11.0. The topological polar surface area (TPSA) is 67.2 Å². The van der Waals surface area contributed by atoms with Gasteiger partial charge in [0.15, 0.2) is 0 Å². The molecule has 0 aromatic rings. The Bertz CT molecular complexity index is 110. The molecule has 0 spiro atoms. The number of rotatable bonds is 1. The van der Waals surface area contributed by atoms with Crippen LogP contribution in [0.5, 0.6) is 0 Å². The minimum Gasteiger partial charge on any atom is -0.351 e. The largest absolute Gasteiger partial charge is 0.474 e. The van der Waals surface area contributed by atoms with E-state index in [1.165, 1.54) is 0 Å². The number of urea groups is 1. The van der Waals surface area contributed by atoms with Gasteiger partial charge < -0.3 is 5.73 Å².